The van der Waals surface area contributed by atoms with Gasteiger partial charge in [0, 0.05) is 20.3 Å². The number of amides is 1. The van der Waals surface area contributed by atoms with Crippen LogP contribution in [0.1, 0.15) is 33.0 Å². The molecule has 0 aromatic carbocycles. The second-order valence-corrected chi connectivity index (χ2v) is 5.81. The molecule has 0 saturated carbocycles. The zero-order chi connectivity index (χ0) is 15.0. The Morgan fingerprint density at radius 3 is 2.85 bits per heavy atom. The molecular formula is C15H26N2O3. The average molecular weight is 282 g/mol. The predicted molar refractivity (Wildman–Crippen MR) is 78.3 cm³/mol. The number of nitrogens with one attached hydrogen (secondary N) is 2. The Morgan fingerprint density at radius 2 is 2.25 bits per heavy atom. The molecule has 1 unspecified atom stereocenters. The number of furan rings is 1. The van der Waals surface area contributed by atoms with Crippen molar-refractivity contribution in [2.24, 2.45) is 5.41 Å². The Balaban J connectivity index is 2.27. The van der Waals surface area contributed by atoms with E-state index in [1.807, 2.05) is 19.1 Å². The van der Waals surface area contributed by atoms with Crippen LogP contribution in [0.15, 0.2) is 22.8 Å². The Morgan fingerprint density at radius 1 is 1.50 bits per heavy atom. The maximum Gasteiger partial charge on any atom is 0.237 e. The largest absolute Gasteiger partial charge is 0.467 e. The molecular weight excluding hydrogens is 256 g/mol. The Bertz CT molecular complexity index is 388. The smallest absolute Gasteiger partial charge is 0.237 e. The highest BCUT2D eigenvalue weighted by atomic mass is 16.5. The van der Waals surface area contributed by atoms with Crippen LogP contribution in [0, 0.1) is 5.41 Å². The van der Waals surface area contributed by atoms with Gasteiger partial charge in [-0.2, -0.15) is 0 Å². The first-order chi connectivity index (χ1) is 9.44. The van der Waals surface area contributed by atoms with Gasteiger partial charge < -0.3 is 19.8 Å². The molecule has 1 heterocycles. The van der Waals surface area contributed by atoms with E-state index in [4.69, 9.17) is 9.15 Å². The quantitative estimate of drug-likeness (QED) is 0.726. The molecule has 1 atom stereocenters. The molecule has 0 aliphatic rings. The lowest BCUT2D eigenvalue weighted by Gasteiger charge is -2.26. The maximum atomic E-state index is 11.9. The Kier molecular flexibility index (Phi) is 6.75. The summed E-state index contributed by atoms with van der Waals surface area (Å²) >= 11 is 0. The normalized spacial score (nSPS) is 13.2. The number of carbonyl (C=O) groups is 1. The summed E-state index contributed by atoms with van der Waals surface area (Å²) in [7, 11) is 1.70. The second-order valence-electron chi connectivity index (χ2n) is 5.81. The molecule has 114 valence electrons. The van der Waals surface area contributed by atoms with E-state index in [0.717, 1.165) is 25.3 Å². The Hall–Kier alpha value is -1.33. The van der Waals surface area contributed by atoms with E-state index < -0.39 is 0 Å². The summed E-state index contributed by atoms with van der Waals surface area (Å²) in [5.74, 6) is 0.731. The van der Waals surface area contributed by atoms with Crippen molar-refractivity contribution in [3.05, 3.63) is 24.2 Å². The minimum absolute atomic E-state index is 0.0241. The van der Waals surface area contributed by atoms with Crippen molar-refractivity contribution in [3.8, 4) is 0 Å². The molecule has 5 nitrogen and oxygen atoms in total. The van der Waals surface area contributed by atoms with Crippen molar-refractivity contribution >= 4 is 5.91 Å². The fourth-order valence-corrected chi connectivity index (χ4v) is 1.73. The highest BCUT2D eigenvalue weighted by molar-refractivity contribution is 5.81. The van der Waals surface area contributed by atoms with Crippen LogP contribution in [0.5, 0.6) is 0 Å². The predicted octanol–water partition coefficient (Wildman–Crippen LogP) is 1.94. The van der Waals surface area contributed by atoms with Gasteiger partial charge in [-0.1, -0.05) is 13.8 Å². The number of hydrogen-bond donors (Lipinski definition) is 2. The van der Waals surface area contributed by atoms with Gasteiger partial charge in [-0.15, -0.1) is 0 Å². The molecule has 1 aromatic rings. The van der Waals surface area contributed by atoms with Crippen molar-refractivity contribution in [1.29, 1.82) is 0 Å². The summed E-state index contributed by atoms with van der Waals surface area (Å²) in [5, 5.41) is 6.11. The van der Waals surface area contributed by atoms with Crippen molar-refractivity contribution in [1.82, 2.24) is 10.6 Å². The molecule has 1 aromatic heterocycles. The molecule has 1 amide bonds. The van der Waals surface area contributed by atoms with Gasteiger partial charge in [-0.05, 0) is 30.9 Å². The van der Waals surface area contributed by atoms with Crippen LogP contribution in [-0.2, 0) is 16.1 Å². The van der Waals surface area contributed by atoms with Crippen LogP contribution in [0.4, 0.5) is 0 Å². The first-order valence-electron chi connectivity index (χ1n) is 6.97. The number of methoxy groups -OCH3 is 1. The van der Waals surface area contributed by atoms with E-state index in [0.29, 0.717) is 6.54 Å². The molecule has 5 heteroatoms. The molecule has 20 heavy (non-hydrogen) atoms. The first kappa shape index (κ1) is 16.7. The summed E-state index contributed by atoms with van der Waals surface area (Å²) in [4.78, 5) is 11.9. The van der Waals surface area contributed by atoms with Gasteiger partial charge in [0.1, 0.15) is 5.76 Å². The van der Waals surface area contributed by atoms with Gasteiger partial charge in [0.05, 0.1) is 18.8 Å². The third kappa shape index (κ3) is 6.21. The van der Waals surface area contributed by atoms with Crippen LogP contribution >= 0.6 is 0 Å². The van der Waals surface area contributed by atoms with Gasteiger partial charge in [-0.3, -0.25) is 4.79 Å². The third-order valence-electron chi connectivity index (χ3n) is 3.28. The van der Waals surface area contributed by atoms with Crippen LogP contribution < -0.4 is 10.6 Å². The lowest BCUT2D eigenvalue weighted by atomic mass is 9.89. The number of ether oxygens (including phenoxy) is 1. The molecule has 1 rings (SSSR count). The van der Waals surface area contributed by atoms with Gasteiger partial charge in [-0.25, -0.2) is 0 Å². The summed E-state index contributed by atoms with van der Waals surface area (Å²) in [6.45, 7) is 8.10. The van der Waals surface area contributed by atoms with Gasteiger partial charge in [0.2, 0.25) is 5.91 Å². The third-order valence-corrected chi connectivity index (χ3v) is 3.28. The Labute approximate surface area is 121 Å². The van der Waals surface area contributed by atoms with Crippen LogP contribution in [0.2, 0.25) is 0 Å². The van der Waals surface area contributed by atoms with Crippen LogP contribution in [0.25, 0.3) is 0 Å². The molecule has 2 N–H and O–H groups in total. The average Bonchev–Trinajstić information content (AvgIpc) is 2.93. The van der Waals surface area contributed by atoms with Gasteiger partial charge in [0.25, 0.3) is 0 Å². The van der Waals surface area contributed by atoms with E-state index in [1.54, 1.807) is 13.4 Å². The molecule has 0 aliphatic heterocycles. The van der Waals surface area contributed by atoms with E-state index in [2.05, 4.69) is 24.5 Å². The van der Waals surface area contributed by atoms with Gasteiger partial charge in [0.15, 0.2) is 0 Å². The summed E-state index contributed by atoms with van der Waals surface area (Å²) in [6, 6.07) is 3.42. The molecule has 0 radical (unpaired) electrons. The fourth-order valence-electron chi connectivity index (χ4n) is 1.73. The SMILES string of the molecule is COCCC(C)(C)CNC(C)C(=O)NCc1ccco1. The molecule has 0 saturated heterocycles. The fraction of sp³-hybridized carbons (Fsp3) is 0.667. The highest BCUT2D eigenvalue weighted by Gasteiger charge is 2.20. The van der Waals surface area contributed by atoms with Crippen molar-refractivity contribution < 1.29 is 13.9 Å². The van der Waals surface area contributed by atoms with E-state index >= 15 is 0 Å². The zero-order valence-electron chi connectivity index (χ0n) is 12.9. The monoisotopic (exact) mass is 282 g/mol. The number of carbonyl (C=O) groups excluding carboxylic acids is 1. The maximum absolute atomic E-state index is 11.9. The standard InChI is InChI=1S/C15H26N2O3/c1-12(17-11-15(2,3)7-9-19-4)14(18)16-10-13-6-5-8-20-13/h5-6,8,12,17H,7,9-11H2,1-4H3,(H,16,18). The lowest BCUT2D eigenvalue weighted by molar-refractivity contribution is -0.123. The van der Waals surface area contributed by atoms with Crippen molar-refractivity contribution in [2.45, 2.75) is 39.8 Å². The van der Waals surface area contributed by atoms with E-state index in [-0.39, 0.29) is 17.4 Å². The van der Waals surface area contributed by atoms with Crippen LogP contribution in [-0.4, -0.2) is 32.2 Å². The number of rotatable bonds is 9. The molecule has 0 spiro atoms. The van der Waals surface area contributed by atoms with Crippen LogP contribution in [0.3, 0.4) is 0 Å². The molecule has 0 fully saturated rings. The van der Waals surface area contributed by atoms with Crippen molar-refractivity contribution in [2.75, 3.05) is 20.3 Å². The lowest BCUT2D eigenvalue weighted by Crippen LogP contribution is -2.45. The number of hydrogen-bond acceptors (Lipinski definition) is 4. The molecule has 0 bridgehead atoms. The topological polar surface area (TPSA) is 63.5 Å². The summed E-state index contributed by atoms with van der Waals surface area (Å²) < 4.78 is 10.3. The summed E-state index contributed by atoms with van der Waals surface area (Å²) in [5.41, 5.74) is 0.103. The van der Waals surface area contributed by atoms with Crippen molar-refractivity contribution in [3.63, 3.8) is 0 Å². The van der Waals surface area contributed by atoms with E-state index in [1.165, 1.54) is 0 Å². The first-order valence-corrected chi connectivity index (χ1v) is 6.97. The van der Waals surface area contributed by atoms with Gasteiger partial charge >= 0.3 is 0 Å². The second kappa shape index (κ2) is 8.07. The summed E-state index contributed by atoms with van der Waals surface area (Å²) in [6.07, 6.45) is 2.55. The minimum Gasteiger partial charge on any atom is -0.467 e. The zero-order valence-corrected chi connectivity index (χ0v) is 12.9. The highest BCUT2D eigenvalue weighted by Crippen LogP contribution is 2.18. The van der Waals surface area contributed by atoms with E-state index in [9.17, 15) is 4.79 Å². The molecule has 0 aliphatic carbocycles. The minimum atomic E-state index is -0.230.